The van der Waals surface area contributed by atoms with Gasteiger partial charge in [-0.25, -0.2) is 4.79 Å². The van der Waals surface area contributed by atoms with Crippen molar-refractivity contribution in [3.8, 4) is 0 Å². The van der Waals surface area contributed by atoms with E-state index < -0.39 is 0 Å². The summed E-state index contributed by atoms with van der Waals surface area (Å²) < 4.78 is 4.82. The lowest BCUT2D eigenvalue weighted by atomic mass is 9.95. The number of fused-ring (bicyclic) bond motifs is 2. The van der Waals surface area contributed by atoms with E-state index in [0.29, 0.717) is 17.3 Å². The second-order valence-corrected chi connectivity index (χ2v) is 5.72. The lowest BCUT2D eigenvalue weighted by molar-refractivity contribution is 0.0602. The maximum Gasteiger partial charge on any atom is 0.340 e. The summed E-state index contributed by atoms with van der Waals surface area (Å²) in [7, 11) is 1.40. The van der Waals surface area contributed by atoms with E-state index in [4.69, 9.17) is 10.5 Å². The Morgan fingerprint density at radius 1 is 1.37 bits per heavy atom. The van der Waals surface area contributed by atoms with Crippen molar-refractivity contribution in [1.82, 2.24) is 0 Å². The number of ether oxygens (including phenoxy) is 1. The first kappa shape index (κ1) is 12.3. The van der Waals surface area contributed by atoms with E-state index in [9.17, 15) is 4.79 Å². The molecule has 2 bridgehead atoms. The number of methoxy groups -OCH3 is 1. The molecule has 0 aliphatic heterocycles. The number of esters is 1. The first-order valence-electron chi connectivity index (χ1n) is 6.91. The third kappa shape index (κ3) is 2.27. The Labute approximate surface area is 113 Å². The minimum absolute atomic E-state index is 0.335. The molecule has 0 spiro atoms. The molecule has 2 aliphatic carbocycles. The first-order valence-corrected chi connectivity index (χ1v) is 6.91. The molecular formula is C15H20N2O2. The van der Waals surface area contributed by atoms with E-state index >= 15 is 0 Å². The van der Waals surface area contributed by atoms with Crippen LogP contribution in [0.1, 0.15) is 36.0 Å². The Morgan fingerprint density at radius 3 is 2.84 bits per heavy atom. The Balaban J connectivity index is 1.82. The fourth-order valence-corrected chi connectivity index (χ4v) is 3.59. The lowest BCUT2D eigenvalue weighted by Crippen LogP contribution is -2.27. The molecule has 3 atom stereocenters. The zero-order chi connectivity index (χ0) is 13.4. The zero-order valence-electron chi connectivity index (χ0n) is 11.2. The standard InChI is InChI=1S/C15H20N2O2/c1-19-15(18)12-8-11(16)4-5-13(12)17-14-7-9-2-3-10(14)6-9/h4-5,8-10,14,17H,2-3,6-7,16H2,1H3. The lowest BCUT2D eigenvalue weighted by Gasteiger charge is -2.25. The fraction of sp³-hybridized carbons (Fsp3) is 0.533. The van der Waals surface area contributed by atoms with Crippen molar-refractivity contribution in [1.29, 1.82) is 0 Å². The predicted molar refractivity (Wildman–Crippen MR) is 75.1 cm³/mol. The van der Waals surface area contributed by atoms with Gasteiger partial charge in [-0.2, -0.15) is 0 Å². The van der Waals surface area contributed by atoms with Crippen molar-refractivity contribution in [2.24, 2.45) is 11.8 Å². The Kier molecular flexibility index (Phi) is 3.09. The number of nitrogens with one attached hydrogen (secondary N) is 1. The number of carbonyl (C=O) groups is 1. The molecule has 0 amide bonds. The molecular weight excluding hydrogens is 240 g/mol. The van der Waals surface area contributed by atoms with Crippen LogP contribution in [0.3, 0.4) is 0 Å². The summed E-state index contributed by atoms with van der Waals surface area (Å²) in [6.45, 7) is 0. The fourth-order valence-electron chi connectivity index (χ4n) is 3.59. The van der Waals surface area contributed by atoms with E-state index in [1.54, 1.807) is 6.07 Å². The van der Waals surface area contributed by atoms with Crippen LogP contribution >= 0.6 is 0 Å². The van der Waals surface area contributed by atoms with Gasteiger partial charge in [0.1, 0.15) is 0 Å². The molecule has 2 aliphatic rings. The average molecular weight is 260 g/mol. The number of rotatable bonds is 3. The molecule has 102 valence electrons. The van der Waals surface area contributed by atoms with Gasteiger partial charge in [0.2, 0.25) is 0 Å². The molecule has 2 fully saturated rings. The van der Waals surface area contributed by atoms with Crippen molar-refractivity contribution < 1.29 is 9.53 Å². The van der Waals surface area contributed by atoms with Crippen LogP contribution in [0.15, 0.2) is 18.2 Å². The van der Waals surface area contributed by atoms with Gasteiger partial charge in [0.25, 0.3) is 0 Å². The van der Waals surface area contributed by atoms with Crippen molar-refractivity contribution in [3.05, 3.63) is 23.8 Å². The van der Waals surface area contributed by atoms with Gasteiger partial charge in [0, 0.05) is 17.4 Å². The summed E-state index contributed by atoms with van der Waals surface area (Å²) in [5, 5.41) is 3.53. The molecule has 0 aromatic heterocycles. The summed E-state index contributed by atoms with van der Waals surface area (Å²) in [6, 6.07) is 5.88. The highest BCUT2D eigenvalue weighted by Gasteiger charge is 2.39. The summed E-state index contributed by atoms with van der Waals surface area (Å²) >= 11 is 0. The second kappa shape index (κ2) is 4.76. The monoisotopic (exact) mass is 260 g/mol. The van der Waals surface area contributed by atoms with E-state index in [0.717, 1.165) is 17.5 Å². The van der Waals surface area contributed by atoms with Gasteiger partial charge in [-0.15, -0.1) is 0 Å². The van der Waals surface area contributed by atoms with Crippen LogP contribution < -0.4 is 11.1 Å². The van der Waals surface area contributed by atoms with Crippen LogP contribution in [-0.4, -0.2) is 19.1 Å². The van der Waals surface area contributed by atoms with Gasteiger partial charge < -0.3 is 15.8 Å². The molecule has 1 aromatic rings. The number of carbonyl (C=O) groups excluding carboxylic acids is 1. The van der Waals surface area contributed by atoms with Crippen molar-refractivity contribution in [2.75, 3.05) is 18.2 Å². The Morgan fingerprint density at radius 2 is 2.21 bits per heavy atom. The van der Waals surface area contributed by atoms with Crippen LogP contribution in [-0.2, 0) is 4.74 Å². The Bertz CT molecular complexity index is 501. The van der Waals surface area contributed by atoms with Crippen LogP contribution in [0.2, 0.25) is 0 Å². The van der Waals surface area contributed by atoms with Gasteiger partial charge in [-0.1, -0.05) is 6.42 Å². The molecule has 0 saturated heterocycles. The van der Waals surface area contributed by atoms with E-state index in [2.05, 4.69) is 5.32 Å². The summed E-state index contributed by atoms with van der Waals surface area (Å²) in [4.78, 5) is 11.8. The summed E-state index contributed by atoms with van der Waals surface area (Å²) in [5.41, 5.74) is 7.71. The Hall–Kier alpha value is -1.71. The number of nitrogens with two attached hydrogens (primary N) is 1. The SMILES string of the molecule is COC(=O)c1cc(N)ccc1NC1CC2CCC1C2. The maximum atomic E-state index is 11.8. The smallest absolute Gasteiger partial charge is 0.340 e. The van der Waals surface area contributed by atoms with Crippen molar-refractivity contribution >= 4 is 17.3 Å². The number of benzene rings is 1. The molecule has 3 unspecified atom stereocenters. The molecule has 2 saturated carbocycles. The van der Waals surface area contributed by atoms with E-state index in [-0.39, 0.29) is 5.97 Å². The highest BCUT2D eigenvalue weighted by Crippen LogP contribution is 2.45. The normalized spacial score (nSPS) is 28.4. The van der Waals surface area contributed by atoms with Gasteiger partial charge in [-0.3, -0.25) is 0 Å². The third-order valence-corrected chi connectivity index (χ3v) is 4.53. The highest BCUT2D eigenvalue weighted by molar-refractivity contribution is 5.96. The molecule has 1 aromatic carbocycles. The molecule has 0 radical (unpaired) electrons. The van der Waals surface area contributed by atoms with E-state index in [1.165, 1.54) is 32.8 Å². The number of nitrogen functional groups attached to an aromatic ring is 1. The summed E-state index contributed by atoms with van der Waals surface area (Å²) in [6.07, 6.45) is 5.23. The number of hydrogen-bond donors (Lipinski definition) is 2. The number of anilines is 2. The molecule has 0 heterocycles. The largest absolute Gasteiger partial charge is 0.465 e. The molecule has 4 nitrogen and oxygen atoms in total. The van der Waals surface area contributed by atoms with Crippen molar-refractivity contribution in [2.45, 2.75) is 31.7 Å². The quantitative estimate of drug-likeness (QED) is 0.648. The van der Waals surface area contributed by atoms with Crippen LogP contribution in [0.5, 0.6) is 0 Å². The molecule has 19 heavy (non-hydrogen) atoms. The highest BCUT2D eigenvalue weighted by atomic mass is 16.5. The van der Waals surface area contributed by atoms with E-state index in [1.807, 2.05) is 12.1 Å². The van der Waals surface area contributed by atoms with Gasteiger partial charge >= 0.3 is 5.97 Å². The minimum Gasteiger partial charge on any atom is -0.465 e. The average Bonchev–Trinajstić information content (AvgIpc) is 3.02. The first-order chi connectivity index (χ1) is 9.17. The molecule has 3 rings (SSSR count). The summed E-state index contributed by atoms with van der Waals surface area (Å²) in [5.74, 6) is 1.30. The minimum atomic E-state index is -0.335. The zero-order valence-corrected chi connectivity index (χ0v) is 11.2. The number of hydrogen-bond acceptors (Lipinski definition) is 4. The molecule has 3 N–H and O–H groups in total. The maximum absolute atomic E-state index is 11.8. The predicted octanol–water partition coefficient (Wildman–Crippen LogP) is 2.66. The molecule has 4 heteroatoms. The van der Waals surface area contributed by atoms with Crippen LogP contribution in [0, 0.1) is 11.8 Å². The van der Waals surface area contributed by atoms with Gasteiger partial charge in [0.05, 0.1) is 12.7 Å². The van der Waals surface area contributed by atoms with Gasteiger partial charge in [-0.05, 0) is 49.3 Å². The van der Waals surface area contributed by atoms with Gasteiger partial charge in [0.15, 0.2) is 0 Å². The van der Waals surface area contributed by atoms with Crippen LogP contribution in [0.4, 0.5) is 11.4 Å². The second-order valence-electron chi connectivity index (χ2n) is 5.72. The van der Waals surface area contributed by atoms with Crippen molar-refractivity contribution in [3.63, 3.8) is 0 Å². The third-order valence-electron chi connectivity index (χ3n) is 4.53. The van der Waals surface area contributed by atoms with Crippen LogP contribution in [0.25, 0.3) is 0 Å². The topological polar surface area (TPSA) is 64.3 Å².